The van der Waals surface area contributed by atoms with E-state index in [1.54, 1.807) is 0 Å². The Morgan fingerprint density at radius 3 is 1.57 bits per heavy atom. The van der Waals surface area contributed by atoms with E-state index in [2.05, 4.69) is 205 Å². The summed E-state index contributed by atoms with van der Waals surface area (Å²) in [6, 6.07) is 76.4. The summed E-state index contributed by atoms with van der Waals surface area (Å²) in [5.74, 6) is 0. The zero-order valence-electron chi connectivity index (χ0n) is 30.6. The van der Waals surface area contributed by atoms with E-state index in [0.29, 0.717) is 0 Å². The number of nitrogens with zero attached hydrogens (tertiary/aromatic N) is 1. The molecule has 262 valence electrons. The highest BCUT2D eigenvalue weighted by molar-refractivity contribution is 6.23. The van der Waals surface area contributed by atoms with Crippen LogP contribution in [0, 0.1) is 0 Å². The van der Waals surface area contributed by atoms with Gasteiger partial charge in [-0.1, -0.05) is 164 Å². The van der Waals surface area contributed by atoms with Crippen LogP contribution in [-0.2, 0) is 0 Å². The monoisotopic (exact) mass is 713 g/mol. The maximum Gasteiger partial charge on any atom is 0.137 e. The number of furan rings is 1. The summed E-state index contributed by atoms with van der Waals surface area (Å²) in [6.45, 7) is 0. The molecule has 0 amide bonds. The van der Waals surface area contributed by atoms with Crippen LogP contribution < -0.4 is 4.90 Å². The number of hydrogen-bond acceptors (Lipinski definition) is 2. The fraction of sp³-hybridized carbons (Fsp3) is 0. The Morgan fingerprint density at radius 1 is 0.304 bits per heavy atom. The Labute approximate surface area is 325 Å². The second-order valence-corrected chi connectivity index (χ2v) is 14.4. The van der Waals surface area contributed by atoms with Gasteiger partial charge in [0.1, 0.15) is 11.2 Å². The second kappa shape index (κ2) is 13.2. The highest BCUT2D eigenvalue weighted by Gasteiger charge is 2.20. The molecule has 0 bridgehead atoms. The predicted molar refractivity (Wildman–Crippen MR) is 237 cm³/mol. The largest absolute Gasteiger partial charge is 0.456 e. The molecule has 1 aromatic heterocycles. The molecule has 0 N–H and O–H groups in total. The SMILES string of the molecule is c1ccc(-c2ccccc2-c2ccc(N(c3ccc(-c4cc5ccc6ccccc6c5c5ccccc45)cc3)c3cccc4oc5ccccc5c34)cc2)cc1. The van der Waals surface area contributed by atoms with Crippen molar-refractivity contribution in [1.82, 2.24) is 0 Å². The van der Waals surface area contributed by atoms with E-state index in [-0.39, 0.29) is 0 Å². The minimum atomic E-state index is 0.869. The third-order valence-corrected chi connectivity index (χ3v) is 11.3. The van der Waals surface area contributed by atoms with Crippen LogP contribution in [0.1, 0.15) is 0 Å². The van der Waals surface area contributed by atoms with Crippen LogP contribution >= 0.6 is 0 Å². The van der Waals surface area contributed by atoms with Crippen molar-refractivity contribution in [3.05, 3.63) is 212 Å². The van der Waals surface area contributed by atoms with Gasteiger partial charge in [-0.25, -0.2) is 0 Å². The fourth-order valence-corrected chi connectivity index (χ4v) is 8.67. The van der Waals surface area contributed by atoms with Crippen molar-refractivity contribution in [3.8, 4) is 33.4 Å². The van der Waals surface area contributed by atoms with Crippen molar-refractivity contribution < 1.29 is 4.42 Å². The molecule has 11 rings (SSSR count). The Bertz CT molecular complexity index is 3230. The molecule has 0 unspecified atom stereocenters. The van der Waals surface area contributed by atoms with Crippen LogP contribution in [0.4, 0.5) is 17.1 Å². The third-order valence-electron chi connectivity index (χ3n) is 11.3. The summed E-state index contributed by atoms with van der Waals surface area (Å²) in [5, 5.41) is 9.82. The van der Waals surface area contributed by atoms with E-state index in [9.17, 15) is 0 Å². The summed E-state index contributed by atoms with van der Waals surface area (Å²) in [6.07, 6.45) is 0. The normalized spacial score (nSPS) is 11.6. The van der Waals surface area contributed by atoms with Crippen LogP contribution in [0.5, 0.6) is 0 Å². The molecule has 0 atom stereocenters. The number of benzene rings is 10. The van der Waals surface area contributed by atoms with Crippen LogP contribution in [0.15, 0.2) is 217 Å². The molecule has 2 heteroatoms. The Balaban J connectivity index is 1.07. The lowest BCUT2D eigenvalue weighted by molar-refractivity contribution is 0.669. The molecule has 1 heterocycles. The molecular weight excluding hydrogens is 679 g/mol. The molecule has 56 heavy (non-hydrogen) atoms. The zero-order valence-corrected chi connectivity index (χ0v) is 30.6. The molecule has 0 aliphatic carbocycles. The maximum atomic E-state index is 6.40. The lowest BCUT2D eigenvalue weighted by Gasteiger charge is -2.27. The Kier molecular flexibility index (Phi) is 7.53. The van der Waals surface area contributed by atoms with Gasteiger partial charge in [-0.3, -0.25) is 0 Å². The molecule has 0 radical (unpaired) electrons. The number of fused-ring (bicyclic) bond motifs is 8. The Morgan fingerprint density at radius 2 is 0.839 bits per heavy atom. The molecule has 0 fully saturated rings. The Hall–Kier alpha value is -7.42. The molecule has 2 nitrogen and oxygen atoms in total. The quantitative estimate of drug-likeness (QED) is 0.160. The first-order valence-electron chi connectivity index (χ1n) is 19.2. The molecule has 0 aliphatic heterocycles. The van der Waals surface area contributed by atoms with E-state index < -0.39 is 0 Å². The van der Waals surface area contributed by atoms with Crippen LogP contribution in [-0.4, -0.2) is 0 Å². The summed E-state index contributed by atoms with van der Waals surface area (Å²) in [7, 11) is 0. The van der Waals surface area contributed by atoms with Crippen molar-refractivity contribution in [1.29, 1.82) is 0 Å². The smallest absolute Gasteiger partial charge is 0.137 e. The van der Waals surface area contributed by atoms with Gasteiger partial charge in [0.2, 0.25) is 0 Å². The summed E-state index contributed by atoms with van der Waals surface area (Å²) >= 11 is 0. The second-order valence-electron chi connectivity index (χ2n) is 14.4. The van der Waals surface area contributed by atoms with Crippen molar-refractivity contribution in [2.45, 2.75) is 0 Å². The first-order valence-corrected chi connectivity index (χ1v) is 19.2. The van der Waals surface area contributed by atoms with Gasteiger partial charge in [-0.15, -0.1) is 0 Å². The molecule has 10 aromatic carbocycles. The van der Waals surface area contributed by atoms with E-state index in [0.717, 1.165) is 39.0 Å². The van der Waals surface area contributed by atoms with Gasteiger partial charge in [0.15, 0.2) is 0 Å². The lowest BCUT2D eigenvalue weighted by Crippen LogP contribution is -2.10. The van der Waals surface area contributed by atoms with Crippen molar-refractivity contribution >= 4 is 71.3 Å². The fourth-order valence-electron chi connectivity index (χ4n) is 8.67. The first kappa shape index (κ1) is 32.0. The summed E-state index contributed by atoms with van der Waals surface area (Å²) < 4.78 is 6.40. The molecule has 0 spiro atoms. The first-order chi connectivity index (χ1) is 27.8. The van der Waals surface area contributed by atoms with E-state index in [1.807, 2.05) is 12.1 Å². The van der Waals surface area contributed by atoms with Crippen LogP contribution in [0.25, 0.3) is 87.6 Å². The zero-order chi connectivity index (χ0) is 37.0. The summed E-state index contributed by atoms with van der Waals surface area (Å²) in [4.78, 5) is 2.37. The van der Waals surface area contributed by atoms with Gasteiger partial charge in [-0.05, 0) is 114 Å². The van der Waals surface area contributed by atoms with Crippen LogP contribution in [0.2, 0.25) is 0 Å². The number of hydrogen-bond donors (Lipinski definition) is 0. The average molecular weight is 714 g/mol. The highest BCUT2D eigenvalue weighted by Crippen LogP contribution is 2.45. The number of para-hydroxylation sites is 1. The minimum Gasteiger partial charge on any atom is -0.456 e. The van der Waals surface area contributed by atoms with Gasteiger partial charge >= 0.3 is 0 Å². The van der Waals surface area contributed by atoms with Gasteiger partial charge in [0.05, 0.1) is 11.1 Å². The summed E-state index contributed by atoms with van der Waals surface area (Å²) in [5.41, 5.74) is 12.2. The van der Waals surface area contributed by atoms with Gasteiger partial charge < -0.3 is 9.32 Å². The molecular formula is C54H35NO. The third kappa shape index (κ3) is 5.26. The van der Waals surface area contributed by atoms with Gasteiger partial charge in [-0.2, -0.15) is 0 Å². The topological polar surface area (TPSA) is 16.4 Å². The lowest BCUT2D eigenvalue weighted by atomic mass is 9.90. The van der Waals surface area contributed by atoms with Crippen molar-refractivity contribution in [2.24, 2.45) is 0 Å². The standard InChI is InChI=1S/C54H35NO/c1-2-13-36(14-3-1)43-16-6-7-17-44(43)38-27-31-41(32-28-38)55(50-22-12-24-52-54(50)48-21-10-11-23-51(48)56-52)42-33-29-39(30-34-42)49-35-40-26-25-37-15-4-5-18-45(37)53(40)47-20-9-8-19-46(47)49/h1-35H. The molecule has 11 aromatic rings. The van der Waals surface area contributed by atoms with Gasteiger partial charge in [0.25, 0.3) is 0 Å². The average Bonchev–Trinajstić information content (AvgIpc) is 3.66. The number of rotatable bonds is 6. The van der Waals surface area contributed by atoms with E-state index in [4.69, 9.17) is 4.42 Å². The predicted octanol–water partition coefficient (Wildman–Crippen LogP) is 15.5. The minimum absolute atomic E-state index is 0.869. The maximum absolute atomic E-state index is 6.40. The molecule has 0 aliphatic rings. The van der Waals surface area contributed by atoms with E-state index in [1.165, 1.54) is 65.7 Å². The van der Waals surface area contributed by atoms with E-state index >= 15 is 0 Å². The van der Waals surface area contributed by atoms with Crippen molar-refractivity contribution in [2.75, 3.05) is 4.90 Å². The molecule has 0 saturated heterocycles. The van der Waals surface area contributed by atoms with Crippen LogP contribution in [0.3, 0.4) is 0 Å². The van der Waals surface area contributed by atoms with Crippen molar-refractivity contribution in [3.63, 3.8) is 0 Å². The van der Waals surface area contributed by atoms with Gasteiger partial charge in [0, 0.05) is 16.8 Å². The highest BCUT2D eigenvalue weighted by atomic mass is 16.3. The number of anilines is 3. The molecule has 0 saturated carbocycles.